The van der Waals surface area contributed by atoms with Gasteiger partial charge in [0.15, 0.2) is 11.5 Å². The number of rotatable bonds is 7. The van der Waals surface area contributed by atoms with Crippen LogP contribution in [-0.2, 0) is 4.79 Å². The third-order valence-electron chi connectivity index (χ3n) is 4.22. The van der Waals surface area contributed by atoms with Gasteiger partial charge in [-0.2, -0.15) is 0 Å². The van der Waals surface area contributed by atoms with Crippen molar-refractivity contribution in [1.29, 1.82) is 0 Å². The van der Waals surface area contributed by atoms with Crippen molar-refractivity contribution < 1.29 is 19.1 Å². The number of carbonyl (C=O) groups is 2. The Labute approximate surface area is 168 Å². The summed E-state index contributed by atoms with van der Waals surface area (Å²) in [6.07, 6.45) is 1.74. The molecule has 0 spiro atoms. The normalized spacial score (nSPS) is 15.2. The second-order valence-electron chi connectivity index (χ2n) is 6.32. The molecule has 2 aromatic carbocycles. The molecule has 7 heteroatoms. The van der Waals surface area contributed by atoms with E-state index in [9.17, 15) is 9.59 Å². The first-order valence-corrected chi connectivity index (χ1v) is 9.60. The Morgan fingerprint density at radius 2 is 1.71 bits per heavy atom. The highest BCUT2D eigenvalue weighted by Crippen LogP contribution is 2.32. The highest BCUT2D eigenvalue weighted by molar-refractivity contribution is 8.18. The average molecular weight is 398 g/mol. The molecule has 28 heavy (non-hydrogen) atoms. The Kier molecular flexibility index (Phi) is 6.26. The molecule has 0 aromatic heterocycles. The lowest BCUT2D eigenvalue weighted by molar-refractivity contribution is -0.123. The molecule has 0 radical (unpaired) electrons. The van der Waals surface area contributed by atoms with Crippen molar-refractivity contribution in [3.8, 4) is 11.5 Å². The number of carbonyl (C=O) groups excluding carboxylic acids is 2. The molecule has 1 fully saturated rings. The molecule has 0 bridgehead atoms. The van der Waals surface area contributed by atoms with Crippen molar-refractivity contribution in [1.82, 2.24) is 4.90 Å². The Morgan fingerprint density at radius 3 is 2.36 bits per heavy atom. The van der Waals surface area contributed by atoms with Crippen molar-refractivity contribution in [2.24, 2.45) is 0 Å². The van der Waals surface area contributed by atoms with E-state index in [4.69, 9.17) is 9.47 Å². The van der Waals surface area contributed by atoms with E-state index >= 15 is 0 Å². The molecular formula is C21H22N2O4S. The SMILES string of the molecule is COc1ccccc1OCCN1C(=O)SC(=Cc2ccc(N(C)C)cc2)C1=O. The van der Waals surface area contributed by atoms with E-state index in [0.717, 1.165) is 23.0 Å². The fourth-order valence-corrected chi connectivity index (χ4v) is 3.56. The van der Waals surface area contributed by atoms with Crippen molar-refractivity contribution in [2.45, 2.75) is 0 Å². The molecule has 2 amide bonds. The number of imide groups is 1. The van der Waals surface area contributed by atoms with Gasteiger partial charge in [-0.25, -0.2) is 0 Å². The maximum absolute atomic E-state index is 12.6. The standard InChI is InChI=1S/C21H22N2O4S/c1-22(2)16-10-8-15(9-11-16)14-19-20(24)23(21(25)28-19)12-13-27-18-7-5-4-6-17(18)26-3/h4-11,14H,12-13H2,1-3H3. The van der Waals surface area contributed by atoms with E-state index in [1.807, 2.05) is 55.4 Å². The summed E-state index contributed by atoms with van der Waals surface area (Å²) in [6.45, 7) is 0.378. The first-order chi connectivity index (χ1) is 13.5. The van der Waals surface area contributed by atoms with Crippen LogP contribution in [0.2, 0.25) is 0 Å². The van der Waals surface area contributed by atoms with Crippen molar-refractivity contribution in [2.75, 3.05) is 39.3 Å². The van der Waals surface area contributed by atoms with Crippen LogP contribution in [0.5, 0.6) is 11.5 Å². The van der Waals surface area contributed by atoms with Gasteiger partial charge < -0.3 is 14.4 Å². The molecule has 1 aliphatic heterocycles. The number of para-hydroxylation sites is 2. The first kappa shape index (κ1) is 19.8. The second-order valence-corrected chi connectivity index (χ2v) is 7.31. The van der Waals surface area contributed by atoms with Crippen LogP contribution in [0.4, 0.5) is 10.5 Å². The Hall–Kier alpha value is -2.93. The first-order valence-electron chi connectivity index (χ1n) is 8.78. The van der Waals surface area contributed by atoms with Crippen molar-refractivity contribution >= 4 is 34.7 Å². The number of thioether (sulfide) groups is 1. The van der Waals surface area contributed by atoms with Crippen LogP contribution in [0.15, 0.2) is 53.4 Å². The maximum Gasteiger partial charge on any atom is 0.293 e. The topological polar surface area (TPSA) is 59.1 Å². The third-order valence-corrected chi connectivity index (χ3v) is 5.13. The lowest BCUT2D eigenvalue weighted by Gasteiger charge is -2.14. The number of amides is 2. The van der Waals surface area contributed by atoms with Gasteiger partial charge >= 0.3 is 0 Å². The van der Waals surface area contributed by atoms with Crippen LogP contribution < -0.4 is 14.4 Å². The highest BCUT2D eigenvalue weighted by atomic mass is 32.2. The number of hydrogen-bond donors (Lipinski definition) is 0. The number of hydrogen-bond acceptors (Lipinski definition) is 6. The second kappa shape index (κ2) is 8.84. The van der Waals surface area contributed by atoms with Crippen LogP contribution in [0, 0.1) is 0 Å². The predicted octanol–water partition coefficient (Wildman–Crippen LogP) is 3.88. The molecule has 0 saturated carbocycles. The van der Waals surface area contributed by atoms with E-state index in [1.165, 1.54) is 4.90 Å². The van der Waals surface area contributed by atoms with Crippen LogP contribution in [0.1, 0.15) is 5.56 Å². The summed E-state index contributed by atoms with van der Waals surface area (Å²) in [4.78, 5) is 28.4. The van der Waals surface area contributed by atoms with Gasteiger partial charge in [0.1, 0.15) is 6.61 Å². The van der Waals surface area contributed by atoms with E-state index in [-0.39, 0.29) is 24.3 Å². The van der Waals surface area contributed by atoms with E-state index in [2.05, 4.69) is 0 Å². The van der Waals surface area contributed by atoms with Gasteiger partial charge in [0, 0.05) is 19.8 Å². The van der Waals surface area contributed by atoms with E-state index < -0.39 is 0 Å². The van der Waals surface area contributed by atoms with Gasteiger partial charge in [-0.05, 0) is 47.7 Å². The lowest BCUT2D eigenvalue weighted by atomic mass is 10.2. The maximum atomic E-state index is 12.6. The molecule has 146 valence electrons. The summed E-state index contributed by atoms with van der Waals surface area (Å²) < 4.78 is 10.9. The number of nitrogens with zero attached hydrogens (tertiary/aromatic N) is 2. The smallest absolute Gasteiger partial charge is 0.293 e. The van der Waals surface area contributed by atoms with Crippen LogP contribution in [-0.4, -0.2) is 50.4 Å². The molecule has 1 saturated heterocycles. The van der Waals surface area contributed by atoms with Crippen molar-refractivity contribution in [3.05, 3.63) is 59.0 Å². The fraction of sp³-hybridized carbons (Fsp3) is 0.238. The number of methoxy groups -OCH3 is 1. The Balaban J connectivity index is 1.63. The average Bonchev–Trinajstić information content (AvgIpc) is 2.96. The summed E-state index contributed by atoms with van der Waals surface area (Å²) in [7, 11) is 5.50. The fourth-order valence-electron chi connectivity index (χ4n) is 2.70. The molecule has 0 N–H and O–H groups in total. The number of benzene rings is 2. The minimum Gasteiger partial charge on any atom is -0.493 e. The Bertz CT molecular complexity index is 894. The molecule has 1 aliphatic rings. The summed E-state index contributed by atoms with van der Waals surface area (Å²) in [6, 6.07) is 15.0. The minimum absolute atomic E-state index is 0.180. The molecule has 3 rings (SSSR count). The molecule has 0 unspecified atom stereocenters. The zero-order valence-electron chi connectivity index (χ0n) is 16.0. The van der Waals surface area contributed by atoms with Gasteiger partial charge in [0.05, 0.1) is 18.6 Å². The highest BCUT2D eigenvalue weighted by Gasteiger charge is 2.34. The summed E-state index contributed by atoms with van der Waals surface area (Å²) in [5.74, 6) is 0.890. The van der Waals surface area contributed by atoms with E-state index in [1.54, 1.807) is 25.3 Å². The third kappa shape index (κ3) is 4.48. The molecule has 6 nitrogen and oxygen atoms in total. The molecule has 2 aromatic rings. The quantitative estimate of drug-likeness (QED) is 0.660. The largest absolute Gasteiger partial charge is 0.493 e. The zero-order chi connectivity index (χ0) is 20.1. The summed E-state index contributed by atoms with van der Waals surface area (Å²) in [5, 5.41) is -0.287. The van der Waals surface area contributed by atoms with Gasteiger partial charge in [-0.1, -0.05) is 24.3 Å². The predicted molar refractivity (Wildman–Crippen MR) is 112 cm³/mol. The van der Waals surface area contributed by atoms with Gasteiger partial charge in [0.2, 0.25) is 0 Å². The summed E-state index contributed by atoms with van der Waals surface area (Å²) in [5.41, 5.74) is 1.94. The number of anilines is 1. The number of ether oxygens (including phenoxy) is 2. The Morgan fingerprint density at radius 1 is 1.04 bits per heavy atom. The molecule has 0 atom stereocenters. The van der Waals surface area contributed by atoms with Crippen molar-refractivity contribution in [3.63, 3.8) is 0 Å². The van der Waals surface area contributed by atoms with Gasteiger partial charge in [-0.3, -0.25) is 14.5 Å². The minimum atomic E-state index is -0.296. The molecule has 0 aliphatic carbocycles. The monoisotopic (exact) mass is 398 g/mol. The molecule has 1 heterocycles. The summed E-state index contributed by atoms with van der Waals surface area (Å²) >= 11 is 0.949. The van der Waals surface area contributed by atoms with Crippen LogP contribution >= 0.6 is 11.8 Å². The molecular weight excluding hydrogens is 376 g/mol. The lowest BCUT2D eigenvalue weighted by Crippen LogP contribution is -2.32. The van der Waals surface area contributed by atoms with Crippen LogP contribution in [0.25, 0.3) is 6.08 Å². The zero-order valence-corrected chi connectivity index (χ0v) is 16.9. The van der Waals surface area contributed by atoms with Gasteiger partial charge in [-0.15, -0.1) is 0 Å². The van der Waals surface area contributed by atoms with Gasteiger partial charge in [0.25, 0.3) is 11.1 Å². The van der Waals surface area contributed by atoms with E-state index in [0.29, 0.717) is 16.4 Å². The van der Waals surface area contributed by atoms with Crippen LogP contribution in [0.3, 0.4) is 0 Å².